The Morgan fingerprint density at radius 2 is 1.17 bits per heavy atom. The zero-order valence-corrected chi connectivity index (χ0v) is 30.2. The molecule has 53 heavy (non-hydrogen) atoms. The molecule has 4 aromatic carbocycles. The first-order chi connectivity index (χ1) is 26.0. The molecule has 8 rings (SSSR count). The van der Waals surface area contributed by atoms with Crippen molar-refractivity contribution >= 4 is 11.2 Å². The first-order valence-corrected chi connectivity index (χ1v) is 17.8. The van der Waals surface area contributed by atoms with Crippen LogP contribution in [0.1, 0.15) is 31.1 Å². The van der Waals surface area contributed by atoms with Gasteiger partial charge in [-0.3, -0.25) is 9.38 Å². The number of aromatic nitrogens is 6. The third-order valence-electron chi connectivity index (χ3n) is 9.36. The summed E-state index contributed by atoms with van der Waals surface area (Å²) in [5.74, 6) is 1.84. The van der Waals surface area contributed by atoms with Gasteiger partial charge in [-0.05, 0) is 86.8 Å². The number of rotatable bonds is 8. The normalized spacial score (nSPS) is 11.8. The molecule has 0 spiro atoms. The van der Waals surface area contributed by atoms with Gasteiger partial charge >= 0.3 is 0 Å². The number of allylic oxidation sites excluding steroid dienone is 4. The minimum atomic E-state index is 0.599. The van der Waals surface area contributed by atoms with Crippen LogP contribution in [0.2, 0.25) is 0 Å². The Balaban J connectivity index is 1.34. The summed E-state index contributed by atoms with van der Waals surface area (Å²) in [6, 6.07) is 46.1. The van der Waals surface area contributed by atoms with Crippen LogP contribution in [0.3, 0.4) is 0 Å². The maximum Gasteiger partial charge on any atom is 0.164 e. The van der Waals surface area contributed by atoms with Gasteiger partial charge in [0.15, 0.2) is 17.5 Å². The van der Waals surface area contributed by atoms with E-state index in [0.29, 0.717) is 17.5 Å². The topological polar surface area (TPSA) is 68.9 Å². The summed E-state index contributed by atoms with van der Waals surface area (Å²) < 4.78 is 2.17. The van der Waals surface area contributed by atoms with Crippen molar-refractivity contribution in [1.29, 1.82) is 0 Å². The standard InChI is InChI=1S/C47H38N6/c1-5-16-33(6-2)45-50-46(35-19-11-8-12-20-35)52-47(51-45)40-29-38(28-39(30-40)41-25-24-31(3)48-32(41)4)36-21-15-22-37(27-36)43-44(34-17-9-7-10-18-34)53-26-14-13-23-42(53)49-43/h5-30H,1-4H3/b16-5-,33-6+. The average Bonchev–Trinajstić information content (AvgIpc) is 3.60. The molecule has 0 aliphatic heterocycles. The SMILES string of the molecule is C/C=C\C(=C/C)c1nc(-c2ccccc2)nc(-c2cc(-c3cccc(-c4nc5ccccn5c4-c4ccccc4)c3)cc(-c3ccc(C)nc3C)c2)n1. The highest BCUT2D eigenvalue weighted by Crippen LogP contribution is 2.38. The fourth-order valence-corrected chi connectivity index (χ4v) is 6.82. The second-order valence-corrected chi connectivity index (χ2v) is 13.0. The van der Waals surface area contributed by atoms with E-state index in [4.69, 9.17) is 24.9 Å². The number of nitrogens with zero attached hydrogens (tertiary/aromatic N) is 6. The Morgan fingerprint density at radius 3 is 1.91 bits per heavy atom. The van der Waals surface area contributed by atoms with E-state index in [0.717, 1.165) is 78.5 Å². The van der Waals surface area contributed by atoms with E-state index in [9.17, 15) is 0 Å². The zero-order chi connectivity index (χ0) is 36.3. The van der Waals surface area contributed by atoms with Gasteiger partial charge in [0.05, 0.1) is 11.4 Å². The van der Waals surface area contributed by atoms with Gasteiger partial charge in [-0.1, -0.05) is 109 Å². The summed E-state index contributed by atoms with van der Waals surface area (Å²) in [5, 5.41) is 0. The van der Waals surface area contributed by atoms with Gasteiger partial charge in [0, 0.05) is 51.0 Å². The number of fused-ring (bicyclic) bond motifs is 1. The number of aryl methyl sites for hydroxylation is 2. The largest absolute Gasteiger partial charge is 0.299 e. The van der Waals surface area contributed by atoms with Crippen LogP contribution in [0.5, 0.6) is 0 Å². The lowest BCUT2D eigenvalue weighted by Gasteiger charge is -2.14. The summed E-state index contributed by atoms with van der Waals surface area (Å²) in [4.78, 5) is 25.1. The van der Waals surface area contributed by atoms with Crippen LogP contribution in [0.25, 0.3) is 78.8 Å². The maximum atomic E-state index is 5.15. The molecule has 0 N–H and O–H groups in total. The Morgan fingerprint density at radius 1 is 0.528 bits per heavy atom. The molecule has 0 saturated heterocycles. The lowest BCUT2D eigenvalue weighted by atomic mass is 9.93. The van der Waals surface area contributed by atoms with Crippen molar-refractivity contribution in [1.82, 2.24) is 29.3 Å². The van der Waals surface area contributed by atoms with Gasteiger partial charge in [0.25, 0.3) is 0 Å². The van der Waals surface area contributed by atoms with E-state index in [2.05, 4.69) is 102 Å². The fraction of sp³-hybridized carbons (Fsp3) is 0.0851. The molecule has 6 nitrogen and oxygen atoms in total. The van der Waals surface area contributed by atoms with Crippen LogP contribution in [0.15, 0.2) is 158 Å². The number of imidazole rings is 1. The van der Waals surface area contributed by atoms with Gasteiger partial charge < -0.3 is 0 Å². The summed E-state index contributed by atoms with van der Waals surface area (Å²) in [5.41, 5.74) is 13.9. The summed E-state index contributed by atoms with van der Waals surface area (Å²) >= 11 is 0. The monoisotopic (exact) mass is 686 g/mol. The van der Waals surface area contributed by atoms with Crippen LogP contribution in [0.4, 0.5) is 0 Å². The Hall–Kier alpha value is -6.79. The van der Waals surface area contributed by atoms with Gasteiger partial charge in [0.2, 0.25) is 0 Å². The van der Waals surface area contributed by atoms with Gasteiger partial charge in [0.1, 0.15) is 5.65 Å². The van der Waals surface area contributed by atoms with Crippen LogP contribution < -0.4 is 0 Å². The molecule has 4 heterocycles. The average molecular weight is 687 g/mol. The summed E-state index contributed by atoms with van der Waals surface area (Å²) in [7, 11) is 0. The van der Waals surface area contributed by atoms with Crippen LogP contribution in [-0.4, -0.2) is 29.3 Å². The lowest BCUT2D eigenvalue weighted by molar-refractivity contribution is 1.04. The minimum Gasteiger partial charge on any atom is -0.299 e. The first-order valence-electron chi connectivity index (χ1n) is 17.8. The Bertz CT molecular complexity index is 2650. The van der Waals surface area contributed by atoms with Crippen molar-refractivity contribution in [2.24, 2.45) is 0 Å². The van der Waals surface area contributed by atoms with Crippen molar-refractivity contribution < 1.29 is 0 Å². The van der Waals surface area contributed by atoms with E-state index in [1.807, 2.05) is 87.5 Å². The number of benzene rings is 4. The molecule has 0 saturated carbocycles. The highest BCUT2D eigenvalue weighted by atomic mass is 15.0. The molecule has 0 aliphatic carbocycles. The molecule has 0 atom stereocenters. The van der Waals surface area contributed by atoms with Gasteiger partial charge in [-0.15, -0.1) is 0 Å². The second kappa shape index (κ2) is 14.4. The molecule has 0 aliphatic rings. The van der Waals surface area contributed by atoms with Crippen molar-refractivity contribution in [3.05, 3.63) is 175 Å². The number of hydrogen-bond acceptors (Lipinski definition) is 5. The van der Waals surface area contributed by atoms with Crippen molar-refractivity contribution in [2.75, 3.05) is 0 Å². The number of hydrogen-bond donors (Lipinski definition) is 0. The fourth-order valence-electron chi connectivity index (χ4n) is 6.82. The van der Waals surface area contributed by atoms with Crippen LogP contribution in [-0.2, 0) is 0 Å². The highest BCUT2D eigenvalue weighted by molar-refractivity contribution is 5.86. The highest BCUT2D eigenvalue weighted by Gasteiger charge is 2.19. The lowest BCUT2D eigenvalue weighted by Crippen LogP contribution is -2.02. The van der Waals surface area contributed by atoms with Crippen molar-refractivity contribution in [2.45, 2.75) is 27.7 Å². The Kier molecular flexibility index (Phi) is 9.09. The van der Waals surface area contributed by atoms with E-state index >= 15 is 0 Å². The zero-order valence-electron chi connectivity index (χ0n) is 30.2. The van der Waals surface area contributed by atoms with E-state index in [1.54, 1.807) is 0 Å². The predicted molar refractivity (Wildman–Crippen MR) is 217 cm³/mol. The molecule has 6 heteroatoms. The van der Waals surface area contributed by atoms with E-state index in [-0.39, 0.29) is 0 Å². The molecular formula is C47H38N6. The van der Waals surface area contributed by atoms with Gasteiger partial charge in [-0.25, -0.2) is 19.9 Å². The quantitative estimate of drug-likeness (QED) is 0.149. The molecule has 256 valence electrons. The molecule has 0 unspecified atom stereocenters. The van der Waals surface area contributed by atoms with Crippen molar-refractivity contribution in [3.63, 3.8) is 0 Å². The summed E-state index contributed by atoms with van der Waals surface area (Å²) in [6.07, 6.45) is 8.15. The molecular weight excluding hydrogens is 649 g/mol. The smallest absolute Gasteiger partial charge is 0.164 e. The predicted octanol–water partition coefficient (Wildman–Crippen LogP) is 11.5. The van der Waals surface area contributed by atoms with Crippen LogP contribution in [0, 0.1) is 13.8 Å². The molecule has 0 radical (unpaired) electrons. The van der Waals surface area contributed by atoms with E-state index in [1.165, 1.54) is 0 Å². The maximum absolute atomic E-state index is 5.15. The third-order valence-corrected chi connectivity index (χ3v) is 9.36. The Labute approximate surface area is 310 Å². The van der Waals surface area contributed by atoms with E-state index < -0.39 is 0 Å². The second-order valence-electron chi connectivity index (χ2n) is 13.0. The first kappa shape index (κ1) is 33.4. The summed E-state index contributed by atoms with van der Waals surface area (Å²) in [6.45, 7) is 8.09. The molecule has 0 amide bonds. The molecule has 0 fully saturated rings. The van der Waals surface area contributed by atoms with Crippen LogP contribution >= 0.6 is 0 Å². The molecule has 4 aromatic heterocycles. The third kappa shape index (κ3) is 6.70. The molecule has 0 bridgehead atoms. The van der Waals surface area contributed by atoms with Crippen molar-refractivity contribution in [3.8, 4) is 67.5 Å². The minimum absolute atomic E-state index is 0.599. The molecule has 8 aromatic rings. The number of pyridine rings is 2. The van der Waals surface area contributed by atoms with Gasteiger partial charge in [-0.2, -0.15) is 0 Å².